The highest BCUT2D eigenvalue weighted by atomic mass is 127. The summed E-state index contributed by atoms with van der Waals surface area (Å²) in [4.78, 5) is 6.90. The molecule has 0 spiro atoms. The van der Waals surface area contributed by atoms with E-state index in [9.17, 15) is 0 Å². The molecule has 1 fully saturated rings. The fourth-order valence-electron chi connectivity index (χ4n) is 3.41. The maximum absolute atomic E-state index is 5.50. The Bertz CT molecular complexity index is 620. The predicted octanol–water partition coefficient (Wildman–Crippen LogP) is 2.87. The standard InChI is InChI=1S/C20H34N4O3.HI/c1-6-9-24-10-7-16(8-11-24)23-20(21-2)22-14-15-12-18(26-4)19(27-5)13-17(15)25-3;/h12-13,16H,6-11,14H2,1-5H3,(H2,21,22,23);1H. The molecular formula is C20H35IN4O3. The van der Waals surface area contributed by atoms with Crippen LogP contribution >= 0.6 is 24.0 Å². The number of hydrogen-bond donors (Lipinski definition) is 2. The summed E-state index contributed by atoms with van der Waals surface area (Å²) < 4.78 is 16.2. The molecule has 0 unspecified atom stereocenters. The van der Waals surface area contributed by atoms with E-state index in [2.05, 4.69) is 27.4 Å². The molecule has 1 heterocycles. The zero-order valence-electron chi connectivity index (χ0n) is 17.7. The maximum Gasteiger partial charge on any atom is 0.191 e. The van der Waals surface area contributed by atoms with Gasteiger partial charge in [0.2, 0.25) is 0 Å². The van der Waals surface area contributed by atoms with Gasteiger partial charge in [0.05, 0.1) is 21.3 Å². The summed E-state index contributed by atoms with van der Waals surface area (Å²) in [6, 6.07) is 4.23. The largest absolute Gasteiger partial charge is 0.496 e. The highest BCUT2D eigenvalue weighted by Crippen LogP contribution is 2.34. The van der Waals surface area contributed by atoms with E-state index in [1.54, 1.807) is 28.4 Å². The van der Waals surface area contributed by atoms with Crippen molar-refractivity contribution in [1.29, 1.82) is 0 Å². The number of piperidine rings is 1. The van der Waals surface area contributed by atoms with E-state index >= 15 is 0 Å². The molecule has 0 aromatic heterocycles. The molecule has 2 rings (SSSR count). The summed E-state index contributed by atoms with van der Waals surface area (Å²) in [5.74, 6) is 2.89. The Morgan fingerprint density at radius 1 is 1.07 bits per heavy atom. The lowest BCUT2D eigenvalue weighted by molar-refractivity contribution is 0.206. The average molecular weight is 506 g/mol. The number of halogens is 1. The molecule has 1 aliphatic heterocycles. The van der Waals surface area contributed by atoms with E-state index in [0.29, 0.717) is 24.1 Å². The molecule has 2 N–H and O–H groups in total. The molecule has 0 aliphatic carbocycles. The highest BCUT2D eigenvalue weighted by molar-refractivity contribution is 14.0. The van der Waals surface area contributed by atoms with Crippen molar-refractivity contribution in [1.82, 2.24) is 15.5 Å². The number of methoxy groups -OCH3 is 3. The van der Waals surface area contributed by atoms with Crippen molar-refractivity contribution in [2.24, 2.45) is 4.99 Å². The van der Waals surface area contributed by atoms with Crippen LogP contribution in [0.3, 0.4) is 0 Å². The van der Waals surface area contributed by atoms with E-state index in [4.69, 9.17) is 14.2 Å². The second kappa shape index (κ2) is 12.9. The van der Waals surface area contributed by atoms with Crippen molar-refractivity contribution in [2.75, 3.05) is 48.0 Å². The minimum atomic E-state index is 0. The van der Waals surface area contributed by atoms with Gasteiger partial charge >= 0.3 is 0 Å². The normalized spacial score (nSPS) is 15.5. The number of hydrogen-bond acceptors (Lipinski definition) is 5. The zero-order valence-corrected chi connectivity index (χ0v) is 20.0. The van der Waals surface area contributed by atoms with Gasteiger partial charge in [-0.2, -0.15) is 0 Å². The number of rotatable bonds is 8. The first kappa shape index (κ1) is 24.6. The molecule has 0 atom stereocenters. The van der Waals surface area contributed by atoms with Gasteiger partial charge < -0.3 is 29.7 Å². The summed E-state index contributed by atoms with van der Waals surface area (Å²) in [6.45, 7) is 6.30. The fourth-order valence-corrected chi connectivity index (χ4v) is 3.41. The summed E-state index contributed by atoms with van der Waals surface area (Å²) in [5.41, 5.74) is 0.982. The van der Waals surface area contributed by atoms with Crippen molar-refractivity contribution in [3.63, 3.8) is 0 Å². The van der Waals surface area contributed by atoms with Crippen LogP contribution in [0.4, 0.5) is 0 Å². The number of likely N-dealkylation sites (tertiary alicyclic amines) is 1. The molecule has 7 nitrogen and oxygen atoms in total. The van der Waals surface area contributed by atoms with Crippen molar-refractivity contribution in [3.8, 4) is 17.2 Å². The molecule has 1 aromatic carbocycles. The fraction of sp³-hybridized carbons (Fsp3) is 0.650. The Labute approximate surface area is 186 Å². The first-order valence-electron chi connectivity index (χ1n) is 9.63. The van der Waals surface area contributed by atoms with Crippen LogP contribution in [0.2, 0.25) is 0 Å². The van der Waals surface area contributed by atoms with Crippen LogP contribution in [0, 0.1) is 0 Å². The summed E-state index contributed by atoms with van der Waals surface area (Å²) in [6.07, 6.45) is 3.50. The molecule has 28 heavy (non-hydrogen) atoms. The third kappa shape index (κ3) is 6.88. The van der Waals surface area contributed by atoms with Crippen LogP contribution in [-0.2, 0) is 6.54 Å². The van der Waals surface area contributed by atoms with Crippen molar-refractivity contribution >= 4 is 29.9 Å². The van der Waals surface area contributed by atoms with E-state index in [-0.39, 0.29) is 24.0 Å². The quantitative estimate of drug-likeness (QED) is 0.321. The monoisotopic (exact) mass is 506 g/mol. The van der Waals surface area contributed by atoms with Gasteiger partial charge in [-0.05, 0) is 31.9 Å². The summed E-state index contributed by atoms with van der Waals surface area (Å²) in [5, 5.41) is 6.92. The Morgan fingerprint density at radius 2 is 1.68 bits per heavy atom. The van der Waals surface area contributed by atoms with Crippen LogP contribution in [0.15, 0.2) is 17.1 Å². The molecule has 1 aliphatic rings. The lowest BCUT2D eigenvalue weighted by Gasteiger charge is -2.32. The van der Waals surface area contributed by atoms with Gasteiger partial charge in [-0.3, -0.25) is 4.99 Å². The van der Waals surface area contributed by atoms with E-state index in [1.165, 1.54) is 13.0 Å². The van der Waals surface area contributed by atoms with Crippen LogP contribution in [0.1, 0.15) is 31.7 Å². The number of guanidine groups is 1. The van der Waals surface area contributed by atoms with Crippen LogP contribution in [0.25, 0.3) is 0 Å². The van der Waals surface area contributed by atoms with E-state index in [0.717, 1.165) is 43.2 Å². The lowest BCUT2D eigenvalue weighted by atomic mass is 10.1. The van der Waals surface area contributed by atoms with Crippen molar-refractivity contribution in [3.05, 3.63) is 17.7 Å². The van der Waals surface area contributed by atoms with Gasteiger partial charge in [-0.15, -0.1) is 24.0 Å². The number of benzene rings is 1. The number of aliphatic imine (C=N–C) groups is 1. The van der Waals surface area contributed by atoms with Gasteiger partial charge in [0.1, 0.15) is 5.75 Å². The van der Waals surface area contributed by atoms with Gasteiger partial charge in [0.25, 0.3) is 0 Å². The molecule has 0 radical (unpaired) electrons. The van der Waals surface area contributed by atoms with Crippen LogP contribution in [-0.4, -0.2) is 64.9 Å². The minimum Gasteiger partial charge on any atom is -0.496 e. The molecule has 0 bridgehead atoms. The third-order valence-electron chi connectivity index (χ3n) is 4.92. The molecule has 0 amide bonds. The summed E-state index contributed by atoms with van der Waals surface area (Å²) >= 11 is 0. The minimum absolute atomic E-state index is 0. The Kier molecular flexibility index (Phi) is 11.4. The lowest BCUT2D eigenvalue weighted by Crippen LogP contribution is -2.48. The number of ether oxygens (including phenoxy) is 3. The summed E-state index contributed by atoms with van der Waals surface area (Å²) in [7, 11) is 6.70. The van der Waals surface area contributed by atoms with Gasteiger partial charge in [0.15, 0.2) is 17.5 Å². The molecule has 1 saturated heterocycles. The van der Waals surface area contributed by atoms with Gasteiger partial charge in [-0.25, -0.2) is 0 Å². The maximum atomic E-state index is 5.50. The molecule has 0 saturated carbocycles. The van der Waals surface area contributed by atoms with Crippen LogP contribution < -0.4 is 24.8 Å². The second-order valence-corrected chi connectivity index (χ2v) is 6.71. The molecule has 160 valence electrons. The van der Waals surface area contributed by atoms with Crippen molar-refractivity contribution in [2.45, 2.75) is 38.8 Å². The van der Waals surface area contributed by atoms with Gasteiger partial charge in [0, 0.05) is 44.4 Å². The average Bonchev–Trinajstić information content (AvgIpc) is 2.71. The Hall–Kier alpha value is -1.42. The van der Waals surface area contributed by atoms with E-state index in [1.807, 2.05) is 12.1 Å². The Balaban J connectivity index is 0.00000392. The van der Waals surface area contributed by atoms with E-state index < -0.39 is 0 Å². The number of nitrogens with one attached hydrogen (secondary N) is 2. The Morgan fingerprint density at radius 3 is 2.21 bits per heavy atom. The first-order chi connectivity index (χ1) is 13.1. The highest BCUT2D eigenvalue weighted by Gasteiger charge is 2.19. The smallest absolute Gasteiger partial charge is 0.191 e. The SMILES string of the molecule is CCCN1CCC(NC(=NC)NCc2cc(OC)c(OC)cc2OC)CC1.I. The van der Waals surface area contributed by atoms with Crippen LogP contribution in [0.5, 0.6) is 17.2 Å². The first-order valence-corrected chi connectivity index (χ1v) is 9.63. The zero-order chi connectivity index (χ0) is 19.6. The van der Waals surface area contributed by atoms with Crippen molar-refractivity contribution < 1.29 is 14.2 Å². The molecule has 1 aromatic rings. The number of nitrogens with zero attached hydrogens (tertiary/aromatic N) is 2. The van der Waals surface area contributed by atoms with Gasteiger partial charge in [-0.1, -0.05) is 6.92 Å². The predicted molar refractivity (Wildman–Crippen MR) is 125 cm³/mol. The third-order valence-corrected chi connectivity index (χ3v) is 4.92. The molecular weight excluding hydrogens is 471 g/mol. The second-order valence-electron chi connectivity index (χ2n) is 6.71. The topological polar surface area (TPSA) is 67.4 Å². The molecule has 8 heteroatoms.